The lowest BCUT2D eigenvalue weighted by atomic mass is 9.74. The van der Waals surface area contributed by atoms with E-state index in [9.17, 15) is 0 Å². The van der Waals surface area contributed by atoms with Crippen LogP contribution in [0.1, 0.15) is 141 Å². The van der Waals surface area contributed by atoms with Crippen LogP contribution < -0.4 is 0 Å². The monoisotopic (exact) mass is 475 g/mol. The van der Waals surface area contributed by atoms with Gasteiger partial charge in [0, 0.05) is 29.1 Å². The number of hydrogen-bond donors (Lipinski definition) is 0. The van der Waals surface area contributed by atoms with Gasteiger partial charge in [-0.15, -0.1) is 0 Å². The van der Waals surface area contributed by atoms with Crippen molar-refractivity contribution in [3.05, 3.63) is 0 Å². The second kappa shape index (κ2) is 11.5. The number of piperidine rings is 1. The third-order valence-electron chi connectivity index (χ3n) is 11.3. The molecule has 5 fully saturated rings. The molecule has 0 aromatic heterocycles. The van der Waals surface area contributed by atoms with Gasteiger partial charge in [-0.3, -0.25) is 4.90 Å². The van der Waals surface area contributed by atoms with Gasteiger partial charge >= 0.3 is 0 Å². The first-order valence-electron chi connectivity index (χ1n) is 15.5. The molecular weight excluding hydrogens is 421 g/mol. The molecule has 0 radical (unpaired) electrons. The molecule has 2 unspecified atom stereocenters. The minimum atomic E-state index is -2.18. The first-order chi connectivity index (χ1) is 16.2. The maximum Gasteiger partial charge on any atom is 0.0966 e. The van der Waals surface area contributed by atoms with Crippen LogP contribution in [-0.2, 0) is 4.57 Å². The summed E-state index contributed by atoms with van der Waals surface area (Å²) in [5.74, 6) is 1.76. The van der Waals surface area contributed by atoms with E-state index in [0.717, 1.165) is 23.9 Å². The van der Waals surface area contributed by atoms with E-state index >= 15 is 4.57 Å². The Morgan fingerprint density at radius 2 is 0.818 bits per heavy atom. The Morgan fingerprint density at radius 3 is 1.18 bits per heavy atom. The van der Waals surface area contributed by atoms with Crippen molar-refractivity contribution in [3.63, 3.8) is 0 Å². The van der Waals surface area contributed by atoms with Crippen LogP contribution in [0.2, 0.25) is 0 Å². The van der Waals surface area contributed by atoms with Crippen LogP contribution >= 0.6 is 7.14 Å². The number of likely N-dealkylation sites (tertiary alicyclic amines) is 1. The van der Waals surface area contributed by atoms with Gasteiger partial charge in [-0.05, 0) is 83.1 Å². The van der Waals surface area contributed by atoms with E-state index in [1.165, 1.54) is 141 Å². The summed E-state index contributed by atoms with van der Waals surface area (Å²) in [6.07, 6.45) is 30.4. The fourth-order valence-electron chi connectivity index (χ4n) is 9.51. The van der Waals surface area contributed by atoms with Crippen LogP contribution in [0, 0.1) is 11.8 Å². The highest BCUT2D eigenvalue weighted by Crippen LogP contribution is 2.69. The molecule has 2 atom stereocenters. The van der Waals surface area contributed by atoms with Crippen molar-refractivity contribution in [2.24, 2.45) is 11.8 Å². The van der Waals surface area contributed by atoms with Crippen molar-refractivity contribution in [2.75, 3.05) is 7.05 Å². The lowest BCUT2D eigenvalue weighted by Gasteiger charge is -2.54. The number of nitrogens with zero attached hydrogens (tertiary/aromatic N) is 1. The van der Waals surface area contributed by atoms with Gasteiger partial charge in [0.25, 0.3) is 0 Å². The van der Waals surface area contributed by atoms with Gasteiger partial charge in [0.1, 0.15) is 0 Å². The molecule has 190 valence electrons. The van der Waals surface area contributed by atoms with E-state index in [0.29, 0.717) is 17.0 Å². The topological polar surface area (TPSA) is 20.3 Å². The average molecular weight is 476 g/mol. The van der Waals surface area contributed by atoms with Crippen LogP contribution in [0.15, 0.2) is 0 Å². The Balaban J connectivity index is 1.46. The second-order valence-corrected chi connectivity index (χ2v) is 16.8. The zero-order chi connectivity index (χ0) is 22.7. The quantitative estimate of drug-likeness (QED) is 0.370. The minimum absolute atomic E-state index is 0.554. The van der Waals surface area contributed by atoms with E-state index in [-0.39, 0.29) is 0 Å². The van der Waals surface area contributed by atoms with Crippen LogP contribution in [0.3, 0.4) is 0 Å². The predicted molar refractivity (Wildman–Crippen MR) is 143 cm³/mol. The minimum Gasteiger partial charge on any atom is -0.323 e. The average Bonchev–Trinajstić information content (AvgIpc) is 2.90. The lowest BCUT2D eigenvalue weighted by molar-refractivity contribution is 0.0220. The van der Waals surface area contributed by atoms with Crippen molar-refractivity contribution >= 4 is 7.14 Å². The molecule has 0 bridgehead atoms. The lowest BCUT2D eigenvalue weighted by Crippen LogP contribution is -2.55. The van der Waals surface area contributed by atoms with Crippen LogP contribution in [0.25, 0.3) is 0 Å². The normalized spacial score (nSPS) is 35.6. The van der Waals surface area contributed by atoms with E-state index < -0.39 is 7.14 Å². The predicted octanol–water partition coefficient (Wildman–Crippen LogP) is 9.01. The molecule has 1 saturated heterocycles. The molecule has 0 spiro atoms. The third-order valence-corrected chi connectivity index (χ3v) is 16.2. The highest BCUT2D eigenvalue weighted by molar-refractivity contribution is 7.66. The summed E-state index contributed by atoms with van der Waals surface area (Å²) in [4.78, 5) is 2.90. The Labute approximate surface area is 205 Å². The summed E-state index contributed by atoms with van der Waals surface area (Å²) >= 11 is 0. The Bertz CT molecular complexity index is 590. The van der Waals surface area contributed by atoms with Crippen molar-refractivity contribution in [2.45, 2.75) is 170 Å². The molecule has 2 nitrogen and oxygen atoms in total. The summed E-state index contributed by atoms with van der Waals surface area (Å²) in [5.41, 5.74) is 1.72. The van der Waals surface area contributed by atoms with Gasteiger partial charge in [-0.25, -0.2) is 0 Å². The van der Waals surface area contributed by atoms with Gasteiger partial charge in [0.05, 0.1) is 7.14 Å². The largest absolute Gasteiger partial charge is 0.323 e. The first kappa shape index (κ1) is 24.9. The first-order valence-corrected chi connectivity index (χ1v) is 17.4. The number of rotatable bonds is 5. The fourth-order valence-corrected chi connectivity index (χ4v) is 14.7. The van der Waals surface area contributed by atoms with E-state index in [4.69, 9.17) is 0 Å². The molecule has 0 aromatic rings. The van der Waals surface area contributed by atoms with Crippen molar-refractivity contribution in [1.82, 2.24) is 4.90 Å². The summed E-state index contributed by atoms with van der Waals surface area (Å²) in [5, 5.41) is 0. The van der Waals surface area contributed by atoms with Gasteiger partial charge < -0.3 is 4.57 Å². The van der Waals surface area contributed by atoms with Crippen molar-refractivity contribution in [1.29, 1.82) is 0 Å². The summed E-state index contributed by atoms with van der Waals surface area (Å²) < 4.78 is 15.6. The Hall–Kier alpha value is 0.190. The zero-order valence-corrected chi connectivity index (χ0v) is 22.8. The molecule has 4 saturated carbocycles. The highest BCUT2D eigenvalue weighted by Gasteiger charge is 2.52. The van der Waals surface area contributed by atoms with E-state index in [2.05, 4.69) is 11.9 Å². The molecule has 4 aliphatic carbocycles. The second-order valence-electron chi connectivity index (χ2n) is 13.1. The molecule has 0 amide bonds. The number of hydrogen-bond acceptors (Lipinski definition) is 2. The summed E-state index contributed by atoms with van der Waals surface area (Å²) in [6, 6.07) is 1.44. The maximum atomic E-state index is 15.6. The standard InChI is InChI=1S/C30H54NOP/c1-31-29(24-14-6-2-7-15-24)22-28(23-30(31)25-16-8-3-9-17-25)33(32,26-18-10-4-11-19-26)27-20-12-5-13-21-27/h24-30H,2-23H2,1H3. The van der Waals surface area contributed by atoms with Gasteiger partial charge in [0.2, 0.25) is 0 Å². The molecule has 0 aromatic carbocycles. The van der Waals surface area contributed by atoms with Crippen LogP contribution in [-0.4, -0.2) is 41.0 Å². The maximum absolute atomic E-state index is 15.6. The molecule has 5 aliphatic rings. The molecule has 5 rings (SSSR count). The van der Waals surface area contributed by atoms with Gasteiger partial charge in [-0.2, -0.15) is 0 Å². The van der Waals surface area contributed by atoms with Crippen LogP contribution in [0.5, 0.6) is 0 Å². The van der Waals surface area contributed by atoms with Crippen LogP contribution in [0.4, 0.5) is 0 Å². The molecular formula is C30H54NOP. The molecule has 1 heterocycles. The van der Waals surface area contributed by atoms with Crippen molar-refractivity contribution in [3.8, 4) is 0 Å². The van der Waals surface area contributed by atoms with Gasteiger partial charge in [-0.1, -0.05) is 77.0 Å². The van der Waals surface area contributed by atoms with Gasteiger partial charge in [0.15, 0.2) is 0 Å². The Kier molecular flexibility index (Phi) is 8.66. The van der Waals surface area contributed by atoms with E-state index in [1.54, 1.807) is 0 Å². The van der Waals surface area contributed by atoms with Crippen molar-refractivity contribution < 1.29 is 4.57 Å². The fraction of sp³-hybridized carbons (Fsp3) is 1.00. The molecule has 33 heavy (non-hydrogen) atoms. The summed E-state index contributed by atoms with van der Waals surface area (Å²) in [7, 11) is 0.325. The Morgan fingerprint density at radius 1 is 0.485 bits per heavy atom. The molecule has 3 heteroatoms. The molecule has 1 aliphatic heterocycles. The van der Waals surface area contributed by atoms with E-state index in [1.807, 2.05) is 0 Å². The molecule has 0 N–H and O–H groups in total. The SMILES string of the molecule is CN1C(C2CCCCC2)CC(P(=O)(C2CCCCC2)C2CCCCC2)CC1C1CCCCC1. The third kappa shape index (κ3) is 5.33. The highest BCUT2D eigenvalue weighted by atomic mass is 31.2. The zero-order valence-electron chi connectivity index (χ0n) is 21.9. The smallest absolute Gasteiger partial charge is 0.0966 e. The summed E-state index contributed by atoms with van der Waals surface area (Å²) in [6.45, 7) is 0.